The highest BCUT2D eigenvalue weighted by atomic mass is 35.5. The summed E-state index contributed by atoms with van der Waals surface area (Å²) in [5, 5.41) is 1.67. The van der Waals surface area contributed by atoms with Gasteiger partial charge >= 0.3 is 6.18 Å². The normalized spacial score (nSPS) is 19.1. The molecule has 35 heavy (non-hydrogen) atoms. The Hall–Kier alpha value is -2.96. The molecule has 1 aliphatic rings. The molecule has 7 nitrogen and oxygen atoms in total. The summed E-state index contributed by atoms with van der Waals surface area (Å²) < 4.78 is 82.0. The van der Waals surface area contributed by atoms with Crippen molar-refractivity contribution in [2.75, 3.05) is 13.1 Å². The fraction of sp³-hybridized carbons (Fsp3) is 0.273. The Labute approximate surface area is 203 Å². The van der Waals surface area contributed by atoms with E-state index in [1.54, 1.807) is 7.05 Å². The summed E-state index contributed by atoms with van der Waals surface area (Å²) in [4.78, 5) is 16.8. The van der Waals surface area contributed by atoms with E-state index in [9.17, 15) is 30.8 Å². The van der Waals surface area contributed by atoms with Gasteiger partial charge < -0.3 is 9.88 Å². The summed E-state index contributed by atoms with van der Waals surface area (Å²) in [6.07, 6.45) is -2.10. The maximum Gasteiger partial charge on any atom is 0.417 e. The van der Waals surface area contributed by atoms with Crippen molar-refractivity contribution >= 4 is 27.5 Å². The second kappa shape index (κ2) is 9.25. The third-order valence-electron chi connectivity index (χ3n) is 5.74. The summed E-state index contributed by atoms with van der Waals surface area (Å²) in [6.45, 7) is -0.241. The van der Waals surface area contributed by atoms with E-state index in [1.165, 1.54) is 41.4 Å². The second-order valence-corrected chi connectivity index (χ2v) is 10.4. The largest absolute Gasteiger partial charge is 0.417 e. The average Bonchev–Trinajstić information content (AvgIpc) is 3.41. The fourth-order valence-corrected chi connectivity index (χ4v) is 5.76. The Bertz CT molecular complexity index is 1360. The van der Waals surface area contributed by atoms with Gasteiger partial charge in [0.05, 0.1) is 28.5 Å². The number of aromatic nitrogens is 2. The number of nitrogens with one attached hydrogen (secondary N) is 1. The van der Waals surface area contributed by atoms with E-state index in [0.717, 1.165) is 22.5 Å². The van der Waals surface area contributed by atoms with Gasteiger partial charge in [0.1, 0.15) is 5.82 Å². The monoisotopic (exact) mass is 530 g/mol. The van der Waals surface area contributed by atoms with Crippen LogP contribution in [0, 0.1) is 5.82 Å². The molecule has 0 saturated carbocycles. The zero-order chi connectivity index (χ0) is 25.5. The Morgan fingerprint density at radius 1 is 1.14 bits per heavy atom. The minimum absolute atomic E-state index is 0.0637. The maximum absolute atomic E-state index is 13.5. The molecule has 0 unspecified atom stereocenters. The van der Waals surface area contributed by atoms with E-state index in [-0.39, 0.29) is 18.1 Å². The molecule has 1 N–H and O–H groups in total. The van der Waals surface area contributed by atoms with Crippen molar-refractivity contribution in [2.45, 2.75) is 23.2 Å². The second-order valence-electron chi connectivity index (χ2n) is 8.10. The van der Waals surface area contributed by atoms with Crippen LogP contribution in [0.3, 0.4) is 0 Å². The molecule has 1 saturated heterocycles. The lowest BCUT2D eigenvalue weighted by atomic mass is 9.94. The lowest BCUT2D eigenvalue weighted by Gasteiger charge is -2.21. The number of nitrogens with zero attached hydrogens (tertiary/aromatic N) is 3. The minimum Gasteiger partial charge on any atom is -0.347 e. The molecule has 0 radical (unpaired) electrons. The molecule has 0 aliphatic carbocycles. The summed E-state index contributed by atoms with van der Waals surface area (Å²) >= 11 is 5.89. The summed E-state index contributed by atoms with van der Waals surface area (Å²) in [6, 6.07) is 7.47. The van der Waals surface area contributed by atoms with Gasteiger partial charge in [-0.1, -0.05) is 29.8 Å². The molecule has 0 bridgehead atoms. The number of carbonyl (C=O) groups excluding carboxylic acids is 1. The predicted molar refractivity (Wildman–Crippen MR) is 119 cm³/mol. The number of halogens is 5. The zero-order valence-corrected chi connectivity index (χ0v) is 19.7. The van der Waals surface area contributed by atoms with Gasteiger partial charge in [-0.3, -0.25) is 4.79 Å². The van der Waals surface area contributed by atoms with Crippen LogP contribution in [0.2, 0.25) is 5.02 Å². The molecule has 0 spiro atoms. The van der Waals surface area contributed by atoms with Crippen LogP contribution in [0.25, 0.3) is 0 Å². The molecule has 2 heterocycles. The third-order valence-corrected chi connectivity index (χ3v) is 7.86. The van der Waals surface area contributed by atoms with Crippen molar-refractivity contribution in [3.8, 4) is 0 Å². The van der Waals surface area contributed by atoms with Gasteiger partial charge in [-0.15, -0.1) is 0 Å². The van der Waals surface area contributed by atoms with Crippen LogP contribution in [0.5, 0.6) is 0 Å². The first-order chi connectivity index (χ1) is 16.4. The number of sulfonamides is 1. The Morgan fingerprint density at radius 2 is 1.83 bits per heavy atom. The SMILES string of the molecule is Cn1cnc(S(=O)(=O)N2C[C@H](NC(=O)c3cccc(C(F)(F)F)c3Cl)[C@@H](c3ccc(F)cc3)C2)c1. The number of hydrogen-bond acceptors (Lipinski definition) is 4. The highest BCUT2D eigenvalue weighted by Gasteiger charge is 2.42. The summed E-state index contributed by atoms with van der Waals surface area (Å²) in [5.41, 5.74) is -1.01. The van der Waals surface area contributed by atoms with Crippen LogP contribution in [0.1, 0.15) is 27.4 Å². The molecule has 1 aromatic heterocycles. The molecule has 13 heteroatoms. The van der Waals surface area contributed by atoms with Gasteiger partial charge in [0, 0.05) is 32.3 Å². The predicted octanol–water partition coefficient (Wildman–Crippen LogP) is 3.82. The zero-order valence-electron chi connectivity index (χ0n) is 18.1. The van der Waals surface area contributed by atoms with Crippen LogP contribution in [0.4, 0.5) is 17.6 Å². The molecule has 2 atom stereocenters. The highest BCUT2D eigenvalue weighted by Crippen LogP contribution is 2.37. The van der Waals surface area contributed by atoms with Gasteiger partial charge in [0.2, 0.25) is 0 Å². The van der Waals surface area contributed by atoms with E-state index in [0.29, 0.717) is 5.56 Å². The molecular weight excluding hydrogens is 512 g/mol. The van der Waals surface area contributed by atoms with Crippen molar-refractivity contribution in [1.29, 1.82) is 0 Å². The quantitative estimate of drug-likeness (QED) is 0.508. The van der Waals surface area contributed by atoms with Gasteiger partial charge in [0.15, 0.2) is 5.03 Å². The molecule has 3 aromatic rings. The number of imidazole rings is 1. The number of aryl methyl sites for hydroxylation is 1. The maximum atomic E-state index is 13.5. The molecule has 1 fully saturated rings. The number of amides is 1. The fourth-order valence-electron chi connectivity index (χ4n) is 3.98. The lowest BCUT2D eigenvalue weighted by molar-refractivity contribution is -0.137. The standard InChI is InChI=1S/C22H19ClF4N4O3S/c1-30-11-19(28-12-30)35(33,34)31-9-16(13-5-7-14(24)8-6-13)18(10-31)29-21(32)15-3-2-4-17(20(15)23)22(25,26)27/h2-8,11-12,16,18H,9-10H2,1H3,(H,29,32)/t16-,18+/m1/s1. The molecule has 4 rings (SSSR count). The minimum atomic E-state index is -4.76. The van der Waals surface area contributed by atoms with Crippen molar-refractivity contribution in [2.24, 2.45) is 7.05 Å². The van der Waals surface area contributed by atoms with Crippen LogP contribution in [0.15, 0.2) is 60.0 Å². The van der Waals surface area contributed by atoms with Crippen molar-refractivity contribution in [3.05, 3.63) is 82.5 Å². The summed E-state index contributed by atoms with van der Waals surface area (Å²) in [5.74, 6) is -2.00. The average molecular weight is 531 g/mol. The van der Waals surface area contributed by atoms with E-state index in [1.807, 2.05) is 0 Å². The van der Waals surface area contributed by atoms with E-state index in [2.05, 4.69) is 10.3 Å². The van der Waals surface area contributed by atoms with E-state index in [4.69, 9.17) is 11.6 Å². The molecule has 1 amide bonds. The van der Waals surface area contributed by atoms with Gasteiger partial charge in [-0.2, -0.15) is 17.5 Å². The van der Waals surface area contributed by atoms with Crippen LogP contribution < -0.4 is 5.32 Å². The smallest absolute Gasteiger partial charge is 0.347 e. The van der Waals surface area contributed by atoms with Gasteiger partial charge in [-0.05, 0) is 29.8 Å². The number of carbonyl (C=O) groups is 1. The van der Waals surface area contributed by atoms with Crippen molar-refractivity contribution in [1.82, 2.24) is 19.2 Å². The molecule has 1 aliphatic heterocycles. The molecule has 2 aromatic carbocycles. The van der Waals surface area contributed by atoms with Crippen LogP contribution in [-0.4, -0.2) is 47.3 Å². The van der Waals surface area contributed by atoms with Crippen LogP contribution in [-0.2, 0) is 23.2 Å². The van der Waals surface area contributed by atoms with Crippen molar-refractivity contribution < 1.29 is 30.8 Å². The lowest BCUT2D eigenvalue weighted by Crippen LogP contribution is -2.40. The van der Waals surface area contributed by atoms with E-state index < -0.39 is 56.0 Å². The Morgan fingerprint density at radius 3 is 2.43 bits per heavy atom. The number of benzene rings is 2. The first-order valence-electron chi connectivity index (χ1n) is 10.3. The number of hydrogen-bond donors (Lipinski definition) is 1. The molecule has 186 valence electrons. The highest BCUT2D eigenvalue weighted by molar-refractivity contribution is 7.89. The first-order valence-corrected chi connectivity index (χ1v) is 12.1. The van der Waals surface area contributed by atoms with Gasteiger partial charge in [0.25, 0.3) is 15.9 Å². The Kier molecular flexibility index (Phi) is 6.64. The van der Waals surface area contributed by atoms with E-state index >= 15 is 0 Å². The number of alkyl halides is 3. The van der Waals surface area contributed by atoms with Crippen molar-refractivity contribution in [3.63, 3.8) is 0 Å². The molecular formula is C22H19ClF4N4O3S. The Balaban J connectivity index is 1.66. The first kappa shape index (κ1) is 25.1. The third kappa shape index (κ3) is 5.04. The topological polar surface area (TPSA) is 84.3 Å². The van der Waals surface area contributed by atoms with Gasteiger partial charge in [-0.25, -0.2) is 17.8 Å². The van der Waals surface area contributed by atoms with Crippen LogP contribution >= 0.6 is 11.6 Å². The summed E-state index contributed by atoms with van der Waals surface area (Å²) in [7, 11) is -2.42. The number of rotatable bonds is 5.